The zero-order chi connectivity index (χ0) is 40.3. The van der Waals surface area contributed by atoms with Crippen molar-refractivity contribution >= 4 is 55.9 Å². The molecule has 2 aromatic heterocycles. The molecule has 60 heavy (non-hydrogen) atoms. The second-order valence-corrected chi connectivity index (χ2v) is 16.4. The Labute approximate surface area is 367 Å². The number of hydrogen-bond donors (Lipinski definition) is 0. The first kappa shape index (κ1) is 39.1. The van der Waals surface area contributed by atoms with Crippen molar-refractivity contribution in [3.8, 4) is 28.1 Å². The molecule has 6 heteroatoms. The molecule has 0 bridgehead atoms. The van der Waals surface area contributed by atoms with E-state index in [4.69, 9.17) is 4.98 Å². The molecular weight excluding hydrogens is 914 g/mol. The van der Waals surface area contributed by atoms with E-state index in [0.29, 0.717) is 0 Å². The van der Waals surface area contributed by atoms with Gasteiger partial charge in [-0.1, -0.05) is 126 Å². The predicted molar refractivity (Wildman–Crippen MR) is 247 cm³/mol. The van der Waals surface area contributed by atoms with Crippen molar-refractivity contribution in [3.05, 3.63) is 193 Å². The van der Waals surface area contributed by atoms with Crippen molar-refractivity contribution in [3.63, 3.8) is 0 Å². The maximum Gasteiger partial charge on any atom is 2.00 e. The molecule has 0 fully saturated rings. The van der Waals surface area contributed by atoms with Crippen LogP contribution in [0.2, 0.25) is 0 Å². The van der Waals surface area contributed by atoms with Crippen LogP contribution in [0.15, 0.2) is 170 Å². The van der Waals surface area contributed by atoms with Gasteiger partial charge in [-0.3, -0.25) is 0 Å². The Morgan fingerprint density at radius 2 is 1.23 bits per heavy atom. The van der Waals surface area contributed by atoms with Crippen LogP contribution in [0.1, 0.15) is 31.9 Å². The van der Waals surface area contributed by atoms with E-state index in [2.05, 4.69) is 230 Å². The third-order valence-corrected chi connectivity index (χ3v) is 11.6. The van der Waals surface area contributed by atoms with E-state index in [1.807, 2.05) is 6.20 Å². The number of hydrogen-bond acceptors (Lipinski definition) is 4. The fraction of sp³-hybridized carbons (Fsp3) is 0.130. The van der Waals surface area contributed by atoms with E-state index >= 15 is 0 Å². The van der Waals surface area contributed by atoms with Gasteiger partial charge >= 0.3 is 21.1 Å². The summed E-state index contributed by atoms with van der Waals surface area (Å²) < 4.78 is 2.27. The van der Waals surface area contributed by atoms with Gasteiger partial charge in [-0.05, 0) is 104 Å². The second kappa shape index (κ2) is 15.6. The largest absolute Gasteiger partial charge is 2.00 e. The molecular formula is C54H45N5Pt. The summed E-state index contributed by atoms with van der Waals surface area (Å²) in [5.41, 5.74) is 15.4. The number of aromatic nitrogens is 2. The summed E-state index contributed by atoms with van der Waals surface area (Å²) in [7, 11) is 0. The van der Waals surface area contributed by atoms with Crippen molar-refractivity contribution in [2.24, 2.45) is 0 Å². The van der Waals surface area contributed by atoms with Gasteiger partial charge in [-0.15, -0.1) is 35.7 Å². The molecule has 0 spiro atoms. The van der Waals surface area contributed by atoms with Gasteiger partial charge in [0.2, 0.25) is 0 Å². The van der Waals surface area contributed by atoms with Crippen molar-refractivity contribution in [2.75, 3.05) is 21.4 Å². The van der Waals surface area contributed by atoms with Gasteiger partial charge in [-0.25, -0.2) is 4.98 Å². The predicted octanol–water partition coefficient (Wildman–Crippen LogP) is 13.9. The topological polar surface area (TPSA) is 27.5 Å². The van der Waals surface area contributed by atoms with Crippen molar-refractivity contribution < 1.29 is 21.1 Å². The molecule has 0 unspecified atom stereocenters. The summed E-state index contributed by atoms with van der Waals surface area (Å²) in [4.78, 5) is 12.2. The molecule has 0 amide bonds. The molecule has 3 heterocycles. The van der Waals surface area contributed by atoms with E-state index in [-0.39, 0.29) is 26.6 Å². The zero-order valence-electron chi connectivity index (χ0n) is 34.4. The maximum absolute atomic E-state index is 5.04. The van der Waals surface area contributed by atoms with Crippen LogP contribution in [0.4, 0.5) is 34.1 Å². The maximum atomic E-state index is 5.04. The molecule has 0 aliphatic carbocycles. The van der Waals surface area contributed by atoms with Gasteiger partial charge in [0.05, 0.1) is 18.0 Å². The van der Waals surface area contributed by atoms with Crippen LogP contribution in [0.5, 0.6) is 0 Å². The number of rotatable bonds is 7. The molecule has 0 atom stereocenters. The van der Waals surface area contributed by atoms with Crippen LogP contribution in [0, 0.1) is 26.0 Å². The molecule has 296 valence electrons. The Kier molecular flexibility index (Phi) is 10.2. The average molecular weight is 959 g/mol. The summed E-state index contributed by atoms with van der Waals surface area (Å²) in [6, 6.07) is 66.2. The van der Waals surface area contributed by atoms with Crippen molar-refractivity contribution in [1.82, 2.24) is 9.55 Å². The van der Waals surface area contributed by atoms with Crippen molar-refractivity contribution in [2.45, 2.75) is 40.2 Å². The number of anilines is 6. The SMILES string of the molecule is Cc1cccc(C)c1N(c1[c-]c(N2CN(C(C)(C)C)c3ccccc32)ccc1)c1[c-]c2c(cc1)c1ccccc1n2-c1cc(-c2ccccc2-c2ccccc2)ccn1.[Pt+2]. The fourth-order valence-corrected chi connectivity index (χ4v) is 8.82. The monoisotopic (exact) mass is 958 g/mol. The van der Waals surface area contributed by atoms with E-state index in [9.17, 15) is 0 Å². The summed E-state index contributed by atoms with van der Waals surface area (Å²) in [6.07, 6.45) is 1.93. The second-order valence-electron chi connectivity index (χ2n) is 16.4. The minimum absolute atomic E-state index is 0. The van der Waals surface area contributed by atoms with Gasteiger partial charge in [0.15, 0.2) is 0 Å². The number of pyridine rings is 1. The number of nitrogens with zero attached hydrogens (tertiary/aromatic N) is 5. The van der Waals surface area contributed by atoms with Crippen LogP contribution >= 0.6 is 0 Å². The summed E-state index contributed by atoms with van der Waals surface area (Å²) in [6.45, 7) is 11.9. The average Bonchev–Trinajstić information content (AvgIpc) is 3.82. The molecule has 10 rings (SSSR count). The Morgan fingerprint density at radius 3 is 2.00 bits per heavy atom. The molecule has 9 aromatic rings. The van der Waals surface area contributed by atoms with Crippen LogP contribution in [0.25, 0.3) is 49.9 Å². The van der Waals surface area contributed by atoms with E-state index in [1.54, 1.807) is 0 Å². The molecule has 1 aliphatic heterocycles. The van der Waals surface area contributed by atoms with Gasteiger partial charge in [0.25, 0.3) is 0 Å². The van der Waals surface area contributed by atoms with E-state index in [0.717, 1.165) is 68.2 Å². The number of para-hydroxylation sites is 4. The van der Waals surface area contributed by atoms with Gasteiger partial charge in [0, 0.05) is 22.9 Å². The molecule has 5 nitrogen and oxygen atoms in total. The standard InChI is InChI=1S/C54H45N5.Pt/c1-37-17-15-18-38(2)53(37)58(42-22-16-21-41(34-42)56-36-57(54(3,4)5)50-28-14-13-27-49(50)56)43-29-30-47-46-25-11-12-26-48(46)59(51(47)35-43)52-33-40(31-32-55-52)45-24-10-9-23-44(45)39-19-7-6-8-20-39;/h6-33H,36H2,1-5H3;/q-2;+2. The first-order valence-electron chi connectivity index (χ1n) is 20.3. The third-order valence-electron chi connectivity index (χ3n) is 11.6. The van der Waals surface area contributed by atoms with E-state index in [1.165, 1.54) is 33.6 Å². The zero-order valence-corrected chi connectivity index (χ0v) is 36.7. The quantitative estimate of drug-likeness (QED) is 0.149. The molecule has 0 radical (unpaired) electrons. The van der Waals surface area contributed by atoms with Crippen LogP contribution in [-0.4, -0.2) is 21.8 Å². The van der Waals surface area contributed by atoms with Crippen LogP contribution in [0.3, 0.4) is 0 Å². The molecule has 0 N–H and O–H groups in total. The molecule has 0 saturated carbocycles. The Hall–Kier alpha value is -6.42. The van der Waals surface area contributed by atoms with Crippen LogP contribution in [-0.2, 0) is 21.1 Å². The normalized spacial score (nSPS) is 12.5. The number of aryl methyl sites for hydroxylation is 2. The van der Waals surface area contributed by atoms with Crippen LogP contribution < -0.4 is 14.7 Å². The summed E-state index contributed by atoms with van der Waals surface area (Å²) in [5.74, 6) is 0.841. The van der Waals surface area contributed by atoms with E-state index < -0.39 is 0 Å². The molecule has 1 aliphatic rings. The van der Waals surface area contributed by atoms with Gasteiger partial charge in [0.1, 0.15) is 5.82 Å². The van der Waals surface area contributed by atoms with Gasteiger partial charge < -0.3 is 19.3 Å². The number of fused-ring (bicyclic) bond motifs is 4. The number of benzene rings is 7. The first-order chi connectivity index (χ1) is 28.7. The third kappa shape index (κ3) is 6.77. The summed E-state index contributed by atoms with van der Waals surface area (Å²) in [5, 5.41) is 2.28. The van der Waals surface area contributed by atoms with Crippen molar-refractivity contribution in [1.29, 1.82) is 0 Å². The first-order valence-corrected chi connectivity index (χ1v) is 20.3. The minimum atomic E-state index is -0.0464. The Bertz CT molecular complexity index is 3000. The van der Waals surface area contributed by atoms with Gasteiger partial charge in [-0.2, -0.15) is 12.1 Å². The fourth-order valence-electron chi connectivity index (χ4n) is 8.82. The Morgan fingerprint density at radius 1 is 0.583 bits per heavy atom. The Balaban J connectivity index is 0.00000462. The smallest absolute Gasteiger partial charge is 0.358 e. The molecule has 7 aromatic carbocycles. The summed E-state index contributed by atoms with van der Waals surface area (Å²) >= 11 is 0. The minimum Gasteiger partial charge on any atom is -0.358 e. The molecule has 0 saturated heterocycles.